The lowest BCUT2D eigenvalue weighted by Gasteiger charge is -2.07. The standard InChI is InChI=1S/C21H16FN5O4S/c22-15-4-2-1-3-14(15)18-25-21-27(26-18)13(10-32-21)7-8-23-19(28)20(29)24-12-5-6-16-17(9-12)31-11-30-16/h1-6,9-10H,7-8,11H2,(H,23,28)(H,24,29). The van der Waals surface area contributed by atoms with Crippen LogP contribution in [0.5, 0.6) is 11.5 Å². The van der Waals surface area contributed by atoms with Crippen molar-refractivity contribution in [1.29, 1.82) is 0 Å². The van der Waals surface area contributed by atoms with Crippen LogP contribution < -0.4 is 20.1 Å². The highest BCUT2D eigenvalue weighted by Crippen LogP contribution is 2.34. The summed E-state index contributed by atoms with van der Waals surface area (Å²) in [5.41, 5.74) is 1.54. The van der Waals surface area contributed by atoms with E-state index >= 15 is 0 Å². The summed E-state index contributed by atoms with van der Waals surface area (Å²) in [6, 6.07) is 11.2. The molecule has 0 fully saturated rings. The monoisotopic (exact) mass is 453 g/mol. The molecule has 32 heavy (non-hydrogen) atoms. The van der Waals surface area contributed by atoms with E-state index in [0.29, 0.717) is 40.0 Å². The van der Waals surface area contributed by atoms with Crippen LogP contribution in [0, 0.1) is 5.82 Å². The SMILES string of the molecule is O=C(NCCc1csc2nc(-c3ccccc3F)nn12)C(=O)Nc1ccc2c(c1)OCO2. The molecule has 1 aliphatic rings. The summed E-state index contributed by atoms with van der Waals surface area (Å²) in [7, 11) is 0. The molecule has 0 bridgehead atoms. The minimum absolute atomic E-state index is 0.122. The number of carbonyl (C=O) groups excluding carboxylic acids is 2. The molecule has 1 aliphatic heterocycles. The summed E-state index contributed by atoms with van der Waals surface area (Å²) in [6.07, 6.45) is 0.420. The van der Waals surface area contributed by atoms with Crippen molar-refractivity contribution < 1.29 is 23.5 Å². The van der Waals surface area contributed by atoms with Gasteiger partial charge in [-0.05, 0) is 24.3 Å². The van der Waals surface area contributed by atoms with E-state index in [2.05, 4.69) is 20.7 Å². The largest absolute Gasteiger partial charge is 0.454 e. The summed E-state index contributed by atoms with van der Waals surface area (Å²) in [5.74, 6) is -0.564. The maximum Gasteiger partial charge on any atom is 0.313 e. The van der Waals surface area contributed by atoms with Crippen LogP contribution in [0.4, 0.5) is 10.1 Å². The molecule has 0 saturated carbocycles. The van der Waals surface area contributed by atoms with Gasteiger partial charge in [-0.2, -0.15) is 4.98 Å². The van der Waals surface area contributed by atoms with E-state index < -0.39 is 17.6 Å². The van der Waals surface area contributed by atoms with Crippen molar-refractivity contribution in [3.05, 3.63) is 59.4 Å². The Morgan fingerprint density at radius 1 is 1.12 bits per heavy atom. The van der Waals surface area contributed by atoms with E-state index in [-0.39, 0.29) is 13.3 Å². The third-order valence-electron chi connectivity index (χ3n) is 4.77. The highest BCUT2D eigenvalue weighted by Gasteiger charge is 2.18. The second-order valence-corrected chi connectivity index (χ2v) is 7.70. The molecule has 9 nitrogen and oxygen atoms in total. The number of carbonyl (C=O) groups is 2. The van der Waals surface area contributed by atoms with Crippen molar-refractivity contribution in [1.82, 2.24) is 19.9 Å². The number of anilines is 1. The van der Waals surface area contributed by atoms with Crippen LogP contribution in [0.2, 0.25) is 0 Å². The summed E-state index contributed by atoms with van der Waals surface area (Å²) < 4.78 is 26.1. The fourth-order valence-corrected chi connectivity index (χ4v) is 4.06. The highest BCUT2D eigenvalue weighted by atomic mass is 32.1. The Morgan fingerprint density at radius 3 is 2.84 bits per heavy atom. The van der Waals surface area contributed by atoms with E-state index in [1.165, 1.54) is 17.4 Å². The molecule has 0 atom stereocenters. The molecule has 2 aromatic heterocycles. The maximum absolute atomic E-state index is 14.0. The zero-order valence-corrected chi connectivity index (χ0v) is 17.3. The molecule has 0 aliphatic carbocycles. The fourth-order valence-electron chi connectivity index (χ4n) is 3.20. The van der Waals surface area contributed by atoms with Gasteiger partial charge in [0.05, 0.1) is 11.3 Å². The summed E-state index contributed by atoms with van der Waals surface area (Å²) in [6.45, 7) is 0.338. The summed E-state index contributed by atoms with van der Waals surface area (Å²) in [5, 5.41) is 11.3. The first-order chi connectivity index (χ1) is 15.6. The van der Waals surface area contributed by atoms with Crippen molar-refractivity contribution in [2.24, 2.45) is 0 Å². The Morgan fingerprint density at radius 2 is 1.97 bits per heavy atom. The molecule has 2 N–H and O–H groups in total. The van der Waals surface area contributed by atoms with Crippen LogP contribution >= 0.6 is 11.3 Å². The average molecular weight is 453 g/mol. The molecule has 0 radical (unpaired) electrons. The number of aromatic nitrogens is 3. The van der Waals surface area contributed by atoms with E-state index in [9.17, 15) is 14.0 Å². The Hall–Kier alpha value is -3.99. The maximum atomic E-state index is 14.0. The predicted molar refractivity (Wildman–Crippen MR) is 114 cm³/mol. The molecule has 5 rings (SSSR count). The number of thiazole rings is 1. The zero-order valence-electron chi connectivity index (χ0n) is 16.5. The van der Waals surface area contributed by atoms with Crippen LogP contribution in [0.15, 0.2) is 47.8 Å². The third kappa shape index (κ3) is 3.85. The van der Waals surface area contributed by atoms with Crippen molar-refractivity contribution in [2.75, 3.05) is 18.7 Å². The molecule has 11 heteroatoms. The number of ether oxygens (including phenoxy) is 2. The van der Waals surface area contributed by atoms with Gasteiger partial charge in [-0.15, -0.1) is 16.4 Å². The van der Waals surface area contributed by atoms with Crippen LogP contribution in [-0.4, -0.2) is 39.8 Å². The fraction of sp³-hybridized carbons (Fsp3) is 0.143. The van der Waals surface area contributed by atoms with E-state index in [1.807, 2.05) is 5.38 Å². The van der Waals surface area contributed by atoms with Gasteiger partial charge in [-0.3, -0.25) is 9.59 Å². The smallest absolute Gasteiger partial charge is 0.313 e. The number of amides is 2. The molecule has 0 saturated heterocycles. The minimum Gasteiger partial charge on any atom is -0.454 e. The summed E-state index contributed by atoms with van der Waals surface area (Å²) in [4.78, 5) is 29.3. The molecule has 2 aromatic carbocycles. The molecule has 0 spiro atoms. The number of halogens is 1. The average Bonchev–Trinajstić information content (AvgIpc) is 3.50. The van der Waals surface area contributed by atoms with Crippen molar-refractivity contribution >= 4 is 33.8 Å². The van der Waals surface area contributed by atoms with Gasteiger partial charge in [0, 0.05) is 30.1 Å². The number of fused-ring (bicyclic) bond motifs is 2. The number of hydrogen-bond donors (Lipinski definition) is 2. The van der Waals surface area contributed by atoms with E-state index in [0.717, 1.165) is 5.69 Å². The van der Waals surface area contributed by atoms with Gasteiger partial charge in [-0.1, -0.05) is 12.1 Å². The predicted octanol–water partition coefficient (Wildman–Crippen LogP) is 2.62. The molecule has 162 valence electrons. The third-order valence-corrected chi connectivity index (χ3v) is 5.63. The Balaban J connectivity index is 1.19. The first-order valence-electron chi connectivity index (χ1n) is 9.65. The minimum atomic E-state index is -0.790. The van der Waals surface area contributed by atoms with Gasteiger partial charge in [-0.25, -0.2) is 8.91 Å². The number of nitrogens with one attached hydrogen (secondary N) is 2. The molecular formula is C21H16FN5O4S. The lowest BCUT2D eigenvalue weighted by Crippen LogP contribution is -2.36. The lowest BCUT2D eigenvalue weighted by atomic mass is 10.2. The van der Waals surface area contributed by atoms with Gasteiger partial charge in [0.1, 0.15) is 5.82 Å². The van der Waals surface area contributed by atoms with Gasteiger partial charge in [0.15, 0.2) is 17.3 Å². The van der Waals surface area contributed by atoms with Gasteiger partial charge >= 0.3 is 11.8 Å². The van der Waals surface area contributed by atoms with Crippen molar-refractivity contribution in [3.8, 4) is 22.9 Å². The number of hydrogen-bond acceptors (Lipinski definition) is 7. The Labute approximate surface area is 184 Å². The number of benzene rings is 2. The normalized spacial score (nSPS) is 12.2. The van der Waals surface area contributed by atoms with E-state index in [4.69, 9.17) is 9.47 Å². The molecule has 0 unspecified atom stereocenters. The first-order valence-corrected chi connectivity index (χ1v) is 10.5. The second kappa shape index (κ2) is 8.27. The van der Waals surface area contributed by atoms with Crippen LogP contribution in [0.1, 0.15) is 5.69 Å². The quantitative estimate of drug-likeness (QED) is 0.450. The van der Waals surface area contributed by atoms with E-state index in [1.54, 1.807) is 40.9 Å². The Bertz CT molecular complexity index is 1330. The van der Waals surface area contributed by atoms with Crippen LogP contribution in [-0.2, 0) is 16.0 Å². The molecule has 2 amide bonds. The Kier molecular flexibility index (Phi) is 5.15. The molecular weight excluding hydrogens is 437 g/mol. The van der Waals surface area contributed by atoms with Crippen molar-refractivity contribution in [3.63, 3.8) is 0 Å². The topological polar surface area (TPSA) is 107 Å². The van der Waals surface area contributed by atoms with Crippen LogP contribution in [0.3, 0.4) is 0 Å². The lowest BCUT2D eigenvalue weighted by molar-refractivity contribution is -0.136. The highest BCUT2D eigenvalue weighted by molar-refractivity contribution is 7.15. The van der Waals surface area contributed by atoms with Gasteiger partial charge in [0.25, 0.3) is 0 Å². The summed E-state index contributed by atoms with van der Waals surface area (Å²) >= 11 is 1.36. The molecule has 4 aromatic rings. The molecule has 3 heterocycles. The number of nitrogens with zero attached hydrogens (tertiary/aromatic N) is 3. The zero-order chi connectivity index (χ0) is 22.1. The first kappa shape index (κ1) is 19.9. The van der Waals surface area contributed by atoms with Gasteiger partial charge in [0.2, 0.25) is 11.8 Å². The van der Waals surface area contributed by atoms with Crippen molar-refractivity contribution in [2.45, 2.75) is 6.42 Å². The second-order valence-electron chi connectivity index (χ2n) is 6.86. The number of rotatable bonds is 5. The van der Waals surface area contributed by atoms with Crippen LogP contribution in [0.25, 0.3) is 16.3 Å². The van der Waals surface area contributed by atoms with Gasteiger partial charge < -0.3 is 20.1 Å².